The molecule has 5 nitrogen and oxygen atoms in total. The number of aliphatic carboxylic acids is 1. The molecule has 1 fully saturated rings. The van der Waals surface area contributed by atoms with Gasteiger partial charge in [0.15, 0.2) is 6.04 Å². The first-order valence-electron chi connectivity index (χ1n) is 6.66. The summed E-state index contributed by atoms with van der Waals surface area (Å²) in [5.74, 6) is -1.06. The first kappa shape index (κ1) is 15.5. The van der Waals surface area contributed by atoms with Crippen LogP contribution in [0.5, 0.6) is 0 Å². The summed E-state index contributed by atoms with van der Waals surface area (Å²) < 4.78 is 5.40. The zero-order valence-corrected chi connectivity index (χ0v) is 13.3. The molecule has 7 heteroatoms. The Morgan fingerprint density at radius 2 is 2.00 bits per heavy atom. The van der Waals surface area contributed by atoms with Crippen LogP contribution in [0.1, 0.15) is 17.4 Å². The zero-order valence-electron chi connectivity index (χ0n) is 11.7. The molecule has 2 aromatic rings. The quantitative estimate of drug-likeness (QED) is 0.677. The Morgan fingerprint density at radius 1 is 1.26 bits per heavy atom. The van der Waals surface area contributed by atoms with Crippen molar-refractivity contribution in [3.8, 4) is 0 Å². The molecule has 0 aliphatic carbocycles. The number of thioether (sulfide) groups is 1. The number of carbonyl (C=O) groups excluding carboxylic acids is 1. The van der Waals surface area contributed by atoms with Crippen LogP contribution in [0, 0.1) is 0 Å². The van der Waals surface area contributed by atoms with E-state index in [0.29, 0.717) is 16.2 Å². The fourth-order valence-corrected chi connectivity index (χ4v) is 3.54. The second kappa shape index (κ2) is 6.39. The van der Waals surface area contributed by atoms with Gasteiger partial charge in [-0.3, -0.25) is 9.69 Å². The molecule has 0 unspecified atom stereocenters. The maximum atomic E-state index is 12.6. The van der Waals surface area contributed by atoms with Crippen LogP contribution in [0.4, 0.5) is 0 Å². The number of furan rings is 1. The van der Waals surface area contributed by atoms with Crippen LogP contribution in [0.2, 0.25) is 0 Å². The summed E-state index contributed by atoms with van der Waals surface area (Å²) in [6, 6.07) is 10.8. The van der Waals surface area contributed by atoms with Crippen LogP contribution < -0.4 is 0 Å². The number of carboxylic acid groups (broad SMARTS) is 1. The minimum Gasteiger partial charge on any atom is -0.479 e. The van der Waals surface area contributed by atoms with Crippen molar-refractivity contribution < 1.29 is 19.1 Å². The van der Waals surface area contributed by atoms with E-state index in [2.05, 4.69) is 0 Å². The second-order valence-corrected chi connectivity index (χ2v) is 6.39. The third-order valence-electron chi connectivity index (χ3n) is 3.25. The number of nitrogens with zero attached hydrogens (tertiary/aromatic N) is 1. The van der Waals surface area contributed by atoms with Crippen molar-refractivity contribution in [1.82, 2.24) is 4.90 Å². The van der Waals surface area contributed by atoms with Crippen LogP contribution in [0.3, 0.4) is 0 Å². The summed E-state index contributed by atoms with van der Waals surface area (Å²) in [7, 11) is 0. The smallest absolute Gasteiger partial charge is 0.331 e. The summed E-state index contributed by atoms with van der Waals surface area (Å²) in [6.07, 6.45) is 3.06. The van der Waals surface area contributed by atoms with Crippen molar-refractivity contribution in [2.45, 2.75) is 6.04 Å². The lowest BCUT2D eigenvalue weighted by atomic mass is 10.1. The molecule has 0 bridgehead atoms. The highest BCUT2D eigenvalue weighted by Crippen LogP contribution is 2.38. The topological polar surface area (TPSA) is 70.8 Å². The Labute approximate surface area is 141 Å². The van der Waals surface area contributed by atoms with Crippen molar-refractivity contribution in [1.29, 1.82) is 0 Å². The summed E-state index contributed by atoms with van der Waals surface area (Å²) in [5, 5.41) is 9.56. The average molecular weight is 345 g/mol. The molecule has 3 rings (SSSR count). The normalized spacial score (nSPS) is 17.7. The molecule has 1 aliphatic rings. The number of amides is 1. The lowest BCUT2D eigenvalue weighted by Gasteiger charge is -2.23. The molecule has 116 valence electrons. The predicted molar refractivity (Wildman–Crippen MR) is 90.5 cm³/mol. The van der Waals surface area contributed by atoms with Crippen LogP contribution in [-0.4, -0.2) is 26.2 Å². The second-order valence-electron chi connectivity index (χ2n) is 4.72. The lowest BCUT2D eigenvalue weighted by molar-refractivity contribution is -0.145. The highest BCUT2D eigenvalue weighted by atomic mass is 32.2. The number of carboxylic acids is 1. The van der Waals surface area contributed by atoms with Crippen LogP contribution in [0.25, 0.3) is 6.08 Å². The largest absolute Gasteiger partial charge is 0.479 e. The number of rotatable bonds is 4. The summed E-state index contributed by atoms with van der Waals surface area (Å²) in [5.41, 5.74) is 0.496. The molecule has 1 amide bonds. The van der Waals surface area contributed by atoms with Crippen LogP contribution >= 0.6 is 24.0 Å². The van der Waals surface area contributed by atoms with Gasteiger partial charge in [0.25, 0.3) is 5.91 Å². The van der Waals surface area contributed by atoms with Gasteiger partial charge in [0.1, 0.15) is 10.1 Å². The Balaban J connectivity index is 1.97. The van der Waals surface area contributed by atoms with Gasteiger partial charge in [-0.15, -0.1) is 0 Å². The number of carbonyl (C=O) groups is 2. The fraction of sp³-hybridized carbons (Fsp3) is 0.0625. The molecule has 1 N–H and O–H groups in total. The molecular weight excluding hydrogens is 334 g/mol. The Kier molecular flexibility index (Phi) is 4.31. The Bertz CT molecular complexity index is 784. The van der Waals surface area contributed by atoms with E-state index >= 15 is 0 Å². The number of hydrogen-bond donors (Lipinski definition) is 1. The minimum atomic E-state index is -1.15. The molecule has 23 heavy (non-hydrogen) atoms. The highest BCUT2D eigenvalue weighted by molar-refractivity contribution is 8.26. The standard InChI is InChI=1S/C16H11NO4S2/c18-14-12(9-11-7-4-8-21-11)23-16(22)17(14)13(15(19)20)10-5-2-1-3-6-10/h1-9,13H,(H,19,20)/t13-/m0/s1. The van der Waals surface area contributed by atoms with E-state index in [-0.39, 0.29) is 4.32 Å². The number of benzene rings is 1. The van der Waals surface area contributed by atoms with E-state index < -0.39 is 17.9 Å². The van der Waals surface area contributed by atoms with E-state index in [1.165, 1.54) is 6.26 Å². The van der Waals surface area contributed by atoms with Gasteiger partial charge >= 0.3 is 5.97 Å². The van der Waals surface area contributed by atoms with Gasteiger partial charge in [-0.2, -0.15) is 0 Å². The average Bonchev–Trinajstić information content (AvgIpc) is 3.12. The van der Waals surface area contributed by atoms with Crippen molar-refractivity contribution >= 4 is 46.3 Å². The molecule has 0 spiro atoms. The lowest BCUT2D eigenvalue weighted by Crippen LogP contribution is -2.37. The molecule has 2 heterocycles. The maximum Gasteiger partial charge on any atom is 0.331 e. The molecule has 1 saturated heterocycles. The minimum absolute atomic E-state index is 0.212. The van der Waals surface area contributed by atoms with Gasteiger partial charge in [-0.1, -0.05) is 54.3 Å². The van der Waals surface area contributed by atoms with Gasteiger partial charge in [0.2, 0.25) is 0 Å². The summed E-state index contributed by atoms with van der Waals surface area (Å²) in [6.45, 7) is 0. The summed E-state index contributed by atoms with van der Waals surface area (Å²) in [4.78, 5) is 25.8. The third kappa shape index (κ3) is 3.06. The van der Waals surface area contributed by atoms with Crippen molar-refractivity contribution in [3.05, 3.63) is 65.0 Å². The van der Waals surface area contributed by atoms with Crippen LogP contribution in [-0.2, 0) is 9.59 Å². The third-order valence-corrected chi connectivity index (χ3v) is 4.58. The molecule has 1 aliphatic heterocycles. The van der Waals surface area contributed by atoms with E-state index in [9.17, 15) is 14.7 Å². The van der Waals surface area contributed by atoms with Gasteiger partial charge in [0, 0.05) is 6.08 Å². The van der Waals surface area contributed by atoms with E-state index in [0.717, 1.165) is 16.7 Å². The van der Waals surface area contributed by atoms with E-state index in [1.807, 2.05) is 0 Å². The van der Waals surface area contributed by atoms with Crippen molar-refractivity contribution in [2.24, 2.45) is 0 Å². The number of thiocarbonyl (C=S) groups is 1. The molecule has 1 aromatic heterocycles. The molecule has 0 saturated carbocycles. The molecular formula is C16H11NO4S2. The Hall–Kier alpha value is -2.38. The van der Waals surface area contributed by atoms with Crippen LogP contribution in [0.15, 0.2) is 58.1 Å². The maximum absolute atomic E-state index is 12.6. The van der Waals surface area contributed by atoms with Gasteiger partial charge < -0.3 is 9.52 Å². The summed E-state index contributed by atoms with van der Waals surface area (Å²) >= 11 is 6.29. The fourth-order valence-electron chi connectivity index (χ4n) is 2.24. The Morgan fingerprint density at radius 3 is 2.61 bits per heavy atom. The molecule has 0 radical (unpaired) electrons. The first-order valence-corrected chi connectivity index (χ1v) is 7.88. The predicted octanol–water partition coefficient (Wildman–Crippen LogP) is 3.31. The van der Waals surface area contributed by atoms with Gasteiger partial charge in [-0.05, 0) is 17.7 Å². The highest BCUT2D eigenvalue weighted by Gasteiger charge is 2.41. The van der Waals surface area contributed by atoms with E-state index in [1.54, 1.807) is 48.5 Å². The van der Waals surface area contributed by atoms with Gasteiger partial charge in [0.05, 0.1) is 11.2 Å². The van der Waals surface area contributed by atoms with Gasteiger partial charge in [-0.25, -0.2) is 4.79 Å². The number of hydrogen-bond acceptors (Lipinski definition) is 5. The monoisotopic (exact) mass is 345 g/mol. The molecule has 1 atom stereocenters. The van der Waals surface area contributed by atoms with Crippen molar-refractivity contribution in [3.63, 3.8) is 0 Å². The van der Waals surface area contributed by atoms with E-state index in [4.69, 9.17) is 16.6 Å². The van der Waals surface area contributed by atoms with Crippen molar-refractivity contribution in [2.75, 3.05) is 0 Å². The SMILES string of the molecule is O=C(O)[C@H](c1ccccc1)N1C(=O)C(=Cc2ccco2)SC1=S. The first-order chi connectivity index (χ1) is 11.1. The molecule has 1 aromatic carbocycles. The zero-order chi connectivity index (χ0) is 16.4.